The molecule has 1 nitrogen and oxygen atoms in total. The lowest BCUT2D eigenvalue weighted by Gasteiger charge is -2.37. The molecule has 1 fully saturated rings. The molecule has 0 heterocycles. The van der Waals surface area contributed by atoms with Crippen molar-refractivity contribution in [2.45, 2.75) is 65.9 Å². The Balaban J connectivity index is 1.73. The molecule has 2 aromatic rings. The van der Waals surface area contributed by atoms with Crippen molar-refractivity contribution in [2.24, 2.45) is 11.3 Å². The Kier molecular flexibility index (Phi) is 4.85. The lowest BCUT2D eigenvalue weighted by molar-refractivity contribution is 0.0856. The van der Waals surface area contributed by atoms with Crippen LogP contribution >= 0.6 is 0 Å². The van der Waals surface area contributed by atoms with Crippen molar-refractivity contribution in [2.75, 3.05) is 0 Å². The largest absolute Gasteiger partial charge is 0.487 e. The maximum absolute atomic E-state index is 14.8. The minimum absolute atomic E-state index is 0.144. The van der Waals surface area contributed by atoms with Gasteiger partial charge in [0.2, 0.25) is 0 Å². The van der Waals surface area contributed by atoms with Gasteiger partial charge in [0, 0.05) is 5.39 Å². The number of ether oxygens (including phenoxy) is 1. The van der Waals surface area contributed by atoms with Gasteiger partial charge in [-0.25, -0.2) is 4.39 Å². The Hall–Kier alpha value is -1.57. The first kappa shape index (κ1) is 17.3. The molecule has 0 unspecified atom stereocenters. The van der Waals surface area contributed by atoms with Gasteiger partial charge in [-0.15, -0.1) is 0 Å². The van der Waals surface area contributed by atoms with E-state index in [2.05, 4.69) is 33.8 Å². The van der Waals surface area contributed by atoms with Crippen LogP contribution in [0.1, 0.15) is 58.9 Å². The van der Waals surface area contributed by atoms with Crippen LogP contribution < -0.4 is 4.74 Å². The maximum Gasteiger partial charge on any atom is 0.172 e. The number of hydrogen-bond acceptors (Lipinski definition) is 1. The molecule has 0 atom stereocenters. The molecule has 1 aliphatic carbocycles. The molecular weight excluding hydrogens is 299 g/mol. The second-order valence-corrected chi connectivity index (χ2v) is 8.24. The number of fused-ring (bicyclic) bond motifs is 1. The molecule has 2 heteroatoms. The summed E-state index contributed by atoms with van der Waals surface area (Å²) < 4.78 is 20.8. The Morgan fingerprint density at radius 3 is 2.38 bits per heavy atom. The third-order valence-corrected chi connectivity index (χ3v) is 5.58. The van der Waals surface area contributed by atoms with Gasteiger partial charge in [-0.05, 0) is 60.5 Å². The summed E-state index contributed by atoms with van der Waals surface area (Å²) in [4.78, 5) is 0. The van der Waals surface area contributed by atoms with E-state index in [0.717, 1.165) is 30.6 Å². The summed E-state index contributed by atoms with van der Waals surface area (Å²) in [6.45, 7) is 9.05. The van der Waals surface area contributed by atoms with Gasteiger partial charge in [-0.1, -0.05) is 52.0 Å². The smallest absolute Gasteiger partial charge is 0.172 e. The van der Waals surface area contributed by atoms with Crippen LogP contribution in [0.4, 0.5) is 4.39 Å². The molecule has 3 rings (SSSR count). The van der Waals surface area contributed by atoms with E-state index >= 15 is 0 Å². The number of halogens is 1. The van der Waals surface area contributed by atoms with Gasteiger partial charge >= 0.3 is 0 Å². The molecule has 0 radical (unpaired) electrons. The normalized spacial score (nSPS) is 21.9. The number of rotatable bonds is 3. The first-order valence-corrected chi connectivity index (χ1v) is 9.26. The van der Waals surface area contributed by atoms with Crippen LogP contribution in [0, 0.1) is 17.2 Å². The quantitative estimate of drug-likeness (QED) is 0.623. The third-order valence-electron chi connectivity index (χ3n) is 5.58. The van der Waals surface area contributed by atoms with Gasteiger partial charge in [-0.2, -0.15) is 0 Å². The first-order valence-electron chi connectivity index (χ1n) is 9.26. The van der Waals surface area contributed by atoms with Gasteiger partial charge in [0.05, 0.1) is 6.10 Å². The standard InChI is InChI=1S/C22H29FO/c1-5-15-6-12-19-16(14-15)7-13-20(21(19)23)24-18-10-8-17(9-11-18)22(2,3)4/h6-7,12-14,17-18H,5,8-11H2,1-4H3. The van der Waals surface area contributed by atoms with E-state index < -0.39 is 0 Å². The molecule has 24 heavy (non-hydrogen) atoms. The van der Waals surface area contributed by atoms with Crippen molar-refractivity contribution in [1.29, 1.82) is 0 Å². The van der Waals surface area contributed by atoms with Gasteiger partial charge in [0.1, 0.15) is 0 Å². The second-order valence-electron chi connectivity index (χ2n) is 8.24. The van der Waals surface area contributed by atoms with Gasteiger partial charge in [-0.3, -0.25) is 0 Å². The van der Waals surface area contributed by atoms with Crippen LogP contribution in [0.2, 0.25) is 0 Å². The molecule has 1 saturated carbocycles. The molecule has 2 aromatic carbocycles. The lowest BCUT2D eigenvalue weighted by atomic mass is 9.72. The molecule has 130 valence electrons. The Morgan fingerprint density at radius 2 is 1.75 bits per heavy atom. The fourth-order valence-electron chi connectivity index (χ4n) is 3.86. The predicted octanol–water partition coefficient (Wildman–Crippen LogP) is 6.53. The molecule has 0 N–H and O–H groups in total. The molecule has 0 aromatic heterocycles. The van der Waals surface area contributed by atoms with Crippen LogP contribution in [0.25, 0.3) is 10.8 Å². The summed E-state index contributed by atoms with van der Waals surface area (Å²) in [7, 11) is 0. The molecule has 0 bridgehead atoms. The second kappa shape index (κ2) is 6.74. The summed E-state index contributed by atoms with van der Waals surface area (Å²) >= 11 is 0. The van der Waals surface area contributed by atoms with Crippen molar-refractivity contribution in [3.8, 4) is 5.75 Å². The number of hydrogen-bond donors (Lipinski definition) is 0. The minimum Gasteiger partial charge on any atom is -0.487 e. The van der Waals surface area contributed by atoms with Crippen molar-refractivity contribution in [1.82, 2.24) is 0 Å². The van der Waals surface area contributed by atoms with Crippen molar-refractivity contribution >= 4 is 10.8 Å². The average Bonchev–Trinajstić information content (AvgIpc) is 2.57. The monoisotopic (exact) mass is 328 g/mol. The summed E-state index contributed by atoms with van der Waals surface area (Å²) in [5.41, 5.74) is 1.59. The van der Waals surface area contributed by atoms with Gasteiger partial charge < -0.3 is 4.74 Å². The summed E-state index contributed by atoms with van der Waals surface area (Å²) in [6.07, 6.45) is 5.49. The topological polar surface area (TPSA) is 9.23 Å². The number of aryl methyl sites for hydroxylation is 1. The molecule has 1 aliphatic rings. The molecule has 0 saturated heterocycles. The first-order chi connectivity index (χ1) is 11.4. The van der Waals surface area contributed by atoms with Gasteiger partial charge in [0.25, 0.3) is 0 Å². The van der Waals surface area contributed by atoms with E-state index in [9.17, 15) is 4.39 Å². The summed E-state index contributed by atoms with van der Waals surface area (Å²) in [5.74, 6) is 0.935. The van der Waals surface area contributed by atoms with Crippen LogP contribution in [0.15, 0.2) is 30.3 Å². The highest BCUT2D eigenvalue weighted by atomic mass is 19.1. The number of benzene rings is 2. The van der Waals surface area contributed by atoms with Crippen molar-refractivity contribution in [3.05, 3.63) is 41.7 Å². The van der Waals surface area contributed by atoms with Crippen molar-refractivity contribution < 1.29 is 9.13 Å². The van der Waals surface area contributed by atoms with E-state index in [-0.39, 0.29) is 11.9 Å². The SMILES string of the molecule is CCc1ccc2c(F)c(OC3CCC(C(C)(C)C)CC3)ccc2c1. The molecule has 0 spiro atoms. The van der Waals surface area contributed by atoms with E-state index in [1.165, 1.54) is 18.4 Å². The highest BCUT2D eigenvalue weighted by Crippen LogP contribution is 2.39. The van der Waals surface area contributed by atoms with Crippen LogP contribution in [0.5, 0.6) is 5.75 Å². The van der Waals surface area contributed by atoms with Crippen molar-refractivity contribution in [3.63, 3.8) is 0 Å². The predicted molar refractivity (Wildman–Crippen MR) is 99.1 cm³/mol. The molecule has 0 amide bonds. The molecular formula is C22H29FO. The third kappa shape index (κ3) is 3.58. The summed E-state index contributed by atoms with van der Waals surface area (Å²) in [5, 5.41) is 1.61. The zero-order chi connectivity index (χ0) is 17.3. The highest BCUT2D eigenvalue weighted by molar-refractivity contribution is 5.85. The van der Waals surface area contributed by atoms with E-state index in [0.29, 0.717) is 16.6 Å². The Bertz CT molecular complexity index is 706. The van der Waals surface area contributed by atoms with E-state index in [1.54, 1.807) is 6.07 Å². The average molecular weight is 328 g/mol. The Morgan fingerprint density at radius 1 is 1.04 bits per heavy atom. The van der Waals surface area contributed by atoms with E-state index in [4.69, 9.17) is 4.74 Å². The van der Waals surface area contributed by atoms with Gasteiger partial charge in [0.15, 0.2) is 11.6 Å². The van der Waals surface area contributed by atoms with Crippen LogP contribution in [-0.4, -0.2) is 6.10 Å². The Labute approximate surface area is 145 Å². The highest BCUT2D eigenvalue weighted by Gasteiger charge is 2.30. The minimum atomic E-state index is -0.215. The maximum atomic E-state index is 14.8. The summed E-state index contributed by atoms with van der Waals surface area (Å²) in [6, 6.07) is 9.73. The zero-order valence-corrected chi connectivity index (χ0v) is 15.4. The van der Waals surface area contributed by atoms with E-state index in [1.807, 2.05) is 18.2 Å². The lowest BCUT2D eigenvalue weighted by Crippen LogP contribution is -2.30. The van der Waals surface area contributed by atoms with Crippen LogP contribution in [-0.2, 0) is 6.42 Å². The fourth-order valence-corrected chi connectivity index (χ4v) is 3.86. The molecule has 0 aliphatic heterocycles. The fraction of sp³-hybridized carbons (Fsp3) is 0.545. The zero-order valence-electron chi connectivity index (χ0n) is 15.4. The van der Waals surface area contributed by atoms with Crippen LogP contribution in [0.3, 0.4) is 0 Å².